The van der Waals surface area contributed by atoms with Crippen molar-refractivity contribution in [1.29, 1.82) is 0 Å². The van der Waals surface area contributed by atoms with Crippen molar-refractivity contribution in [3.63, 3.8) is 0 Å². The third kappa shape index (κ3) is 3.24. The van der Waals surface area contributed by atoms with Crippen molar-refractivity contribution in [3.05, 3.63) is 0 Å². The zero-order valence-corrected chi connectivity index (χ0v) is 10.9. The maximum absolute atomic E-state index is 2.58. The van der Waals surface area contributed by atoms with Gasteiger partial charge in [-0.2, -0.15) is 0 Å². The highest BCUT2D eigenvalue weighted by Gasteiger charge is 2.45. The summed E-state index contributed by atoms with van der Waals surface area (Å²) in [5.74, 6) is 1.88. The smallest absolute Gasteiger partial charge is 0.0650 e. The van der Waals surface area contributed by atoms with E-state index in [1.54, 1.807) is 6.16 Å². The van der Waals surface area contributed by atoms with Gasteiger partial charge < -0.3 is 0 Å². The van der Waals surface area contributed by atoms with Crippen molar-refractivity contribution in [2.24, 2.45) is 11.8 Å². The molecule has 1 aliphatic carbocycles. The maximum atomic E-state index is 2.58. The quantitative estimate of drug-likeness (QED) is 0.587. The van der Waals surface area contributed by atoms with Crippen LogP contribution in [0.15, 0.2) is 0 Å². The van der Waals surface area contributed by atoms with Gasteiger partial charge in [0.05, 0.1) is 11.8 Å². The molecule has 0 aromatic rings. The highest BCUT2D eigenvalue weighted by Crippen LogP contribution is 2.66. The summed E-state index contributed by atoms with van der Waals surface area (Å²) in [6.07, 6.45) is 6.00. The van der Waals surface area contributed by atoms with E-state index >= 15 is 0 Å². The molecule has 1 fully saturated rings. The summed E-state index contributed by atoms with van der Waals surface area (Å²) in [7, 11) is -0.530. The Bertz CT molecular complexity index is 157. The van der Waals surface area contributed by atoms with E-state index in [4.69, 9.17) is 0 Å². The SMILES string of the molecule is CCC(C[P+](C)(C)C1CC1)C(C)C. The number of hydrogen-bond acceptors (Lipinski definition) is 0. The van der Waals surface area contributed by atoms with Gasteiger partial charge in [0.1, 0.15) is 0 Å². The predicted octanol–water partition coefficient (Wildman–Crippen LogP) is 4.11. The minimum atomic E-state index is -0.530. The molecule has 1 unspecified atom stereocenters. The minimum Gasteiger partial charge on any atom is -0.0650 e. The molecule has 1 rings (SSSR count). The summed E-state index contributed by atoms with van der Waals surface area (Å²) < 4.78 is 0. The summed E-state index contributed by atoms with van der Waals surface area (Å²) in [5, 5.41) is 0. The molecule has 0 heterocycles. The van der Waals surface area contributed by atoms with E-state index in [1.165, 1.54) is 19.3 Å². The van der Waals surface area contributed by atoms with Crippen LogP contribution in [0.25, 0.3) is 0 Å². The van der Waals surface area contributed by atoms with E-state index in [2.05, 4.69) is 34.1 Å². The lowest BCUT2D eigenvalue weighted by Gasteiger charge is -2.26. The zero-order valence-electron chi connectivity index (χ0n) is 10.0. The molecule has 0 amide bonds. The number of rotatable bonds is 5. The monoisotopic (exact) mass is 201 g/mol. The zero-order chi connectivity index (χ0) is 10.1. The van der Waals surface area contributed by atoms with Crippen LogP contribution in [-0.2, 0) is 0 Å². The molecule has 1 aliphatic rings. The first-order valence-corrected chi connectivity index (χ1v) is 8.73. The molecule has 13 heavy (non-hydrogen) atoms. The Balaban J connectivity index is 2.43. The Hall–Kier alpha value is 0.430. The Morgan fingerprint density at radius 3 is 2.08 bits per heavy atom. The molecule has 1 saturated carbocycles. The molecule has 1 heteroatoms. The largest absolute Gasteiger partial charge is 0.0695 e. The molecule has 0 aromatic heterocycles. The van der Waals surface area contributed by atoms with Crippen LogP contribution >= 0.6 is 7.26 Å². The van der Waals surface area contributed by atoms with Crippen LogP contribution in [0.2, 0.25) is 0 Å². The summed E-state index contributed by atoms with van der Waals surface area (Å²) in [5.41, 5.74) is 1.15. The van der Waals surface area contributed by atoms with Crippen molar-refractivity contribution in [2.75, 3.05) is 19.5 Å². The second-order valence-corrected chi connectivity index (χ2v) is 10.3. The molecule has 0 saturated heterocycles. The van der Waals surface area contributed by atoms with Gasteiger partial charge in [-0.25, -0.2) is 0 Å². The van der Waals surface area contributed by atoms with Crippen LogP contribution in [0.5, 0.6) is 0 Å². The third-order valence-electron chi connectivity index (χ3n) is 3.71. The first kappa shape index (κ1) is 11.5. The Morgan fingerprint density at radius 1 is 1.23 bits per heavy atom. The van der Waals surface area contributed by atoms with E-state index in [1.807, 2.05) is 0 Å². The first-order chi connectivity index (χ1) is 5.97. The van der Waals surface area contributed by atoms with Crippen molar-refractivity contribution in [3.8, 4) is 0 Å². The van der Waals surface area contributed by atoms with Gasteiger partial charge in [0, 0.05) is 20.6 Å². The molecule has 0 aromatic carbocycles. The van der Waals surface area contributed by atoms with Gasteiger partial charge in [-0.3, -0.25) is 0 Å². The summed E-state index contributed by atoms with van der Waals surface area (Å²) >= 11 is 0. The maximum Gasteiger partial charge on any atom is 0.0695 e. The lowest BCUT2D eigenvalue weighted by Crippen LogP contribution is -2.16. The Morgan fingerprint density at radius 2 is 1.77 bits per heavy atom. The fourth-order valence-electron chi connectivity index (χ4n) is 2.34. The van der Waals surface area contributed by atoms with E-state index < -0.39 is 7.26 Å². The molecule has 0 spiro atoms. The average molecular weight is 201 g/mol. The third-order valence-corrected chi connectivity index (χ3v) is 7.61. The van der Waals surface area contributed by atoms with E-state index in [9.17, 15) is 0 Å². The van der Waals surface area contributed by atoms with Crippen molar-refractivity contribution < 1.29 is 0 Å². The molecule has 1 atom stereocenters. The molecule has 0 nitrogen and oxygen atoms in total. The topological polar surface area (TPSA) is 0 Å². The van der Waals surface area contributed by atoms with Gasteiger partial charge >= 0.3 is 0 Å². The van der Waals surface area contributed by atoms with E-state index in [0.717, 1.165) is 17.5 Å². The standard InChI is InChI=1S/C12H26P/c1-6-11(10(2)3)9-13(4,5)12-7-8-12/h10-12H,6-9H2,1-5H3/q+1. The molecule has 0 bridgehead atoms. The van der Waals surface area contributed by atoms with Gasteiger partial charge in [0.25, 0.3) is 0 Å². The van der Waals surface area contributed by atoms with Gasteiger partial charge in [-0.05, 0) is 31.1 Å². The van der Waals surface area contributed by atoms with Crippen LogP contribution in [0.1, 0.15) is 40.0 Å². The molecule has 78 valence electrons. The second-order valence-electron chi connectivity index (χ2n) is 5.60. The van der Waals surface area contributed by atoms with E-state index in [-0.39, 0.29) is 0 Å². The molecular weight excluding hydrogens is 175 g/mol. The Kier molecular flexibility index (Phi) is 3.81. The van der Waals surface area contributed by atoms with Gasteiger partial charge in [-0.1, -0.05) is 20.8 Å². The van der Waals surface area contributed by atoms with Crippen LogP contribution in [0.3, 0.4) is 0 Å². The summed E-state index contributed by atoms with van der Waals surface area (Å²) in [4.78, 5) is 0. The van der Waals surface area contributed by atoms with Crippen LogP contribution in [-0.4, -0.2) is 25.2 Å². The van der Waals surface area contributed by atoms with Crippen molar-refractivity contribution >= 4 is 7.26 Å². The summed E-state index contributed by atoms with van der Waals surface area (Å²) in [6.45, 7) is 12.3. The van der Waals surface area contributed by atoms with Gasteiger partial charge in [0.15, 0.2) is 0 Å². The fourth-order valence-corrected chi connectivity index (χ4v) is 6.07. The molecule has 0 radical (unpaired) electrons. The average Bonchev–Trinajstić information content (AvgIpc) is 2.81. The molecule has 0 aliphatic heterocycles. The van der Waals surface area contributed by atoms with Crippen molar-refractivity contribution in [2.45, 2.75) is 45.7 Å². The normalized spacial score (nSPS) is 20.8. The first-order valence-electron chi connectivity index (χ1n) is 5.80. The highest BCUT2D eigenvalue weighted by atomic mass is 31.2. The highest BCUT2D eigenvalue weighted by molar-refractivity contribution is 7.75. The molecule has 0 N–H and O–H groups in total. The number of hydrogen-bond donors (Lipinski definition) is 0. The lowest BCUT2D eigenvalue weighted by molar-refractivity contribution is 0.411. The van der Waals surface area contributed by atoms with Crippen LogP contribution in [0.4, 0.5) is 0 Å². The lowest BCUT2D eigenvalue weighted by atomic mass is 9.96. The second kappa shape index (κ2) is 4.30. The van der Waals surface area contributed by atoms with Gasteiger partial charge in [0.2, 0.25) is 0 Å². The van der Waals surface area contributed by atoms with Gasteiger partial charge in [-0.15, -0.1) is 0 Å². The summed E-state index contributed by atoms with van der Waals surface area (Å²) in [6, 6.07) is 0. The fraction of sp³-hybridized carbons (Fsp3) is 1.00. The Labute approximate surface area is 84.8 Å². The minimum absolute atomic E-state index is 0.530. The molecular formula is C12H26P+. The predicted molar refractivity (Wildman–Crippen MR) is 65.3 cm³/mol. The van der Waals surface area contributed by atoms with Crippen LogP contribution < -0.4 is 0 Å². The van der Waals surface area contributed by atoms with Crippen LogP contribution in [0, 0.1) is 11.8 Å². The van der Waals surface area contributed by atoms with E-state index in [0.29, 0.717) is 0 Å². The van der Waals surface area contributed by atoms with Crippen molar-refractivity contribution in [1.82, 2.24) is 0 Å².